The van der Waals surface area contributed by atoms with Gasteiger partial charge in [-0.3, -0.25) is 4.79 Å². The smallest absolute Gasteiger partial charge is 0.335 e. The molecule has 114 valence electrons. The number of ether oxygens (including phenoxy) is 1. The zero-order valence-corrected chi connectivity index (χ0v) is 12.0. The van der Waals surface area contributed by atoms with Crippen molar-refractivity contribution in [1.29, 1.82) is 0 Å². The Morgan fingerprint density at radius 1 is 1.19 bits per heavy atom. The standard InChI is InChI=1S/C16H21NO4/c18-15(17-14-2-1-10-21-11-9-14)8-5-12-3-6-13(7-4-12)16(19)20/h3-4,6-7,14H,1-2,5,8-11H2,(H,17,18)(H,19,20)/t14-/m1/s1. The van der Waals surface area contributed by atoms with Gasteiger partial charge in [0.05, 0.1) is 5.56 Å². The lowest BCUT2D eigenvalue weighted by molar-refractivity contribution is -0.121. The summed E-state index contributed by atoms with van der Waals surface area (Å²) in [6, 6.07) is 6.87. The zero-order chi connectivity index (χ0) is 15.1. The van der Waals surface area contributed by atoms with Crippen LogP contribution in [0.4, 0.5) is 0 Å². The van der Waals surface area contributed by atoms with Crippen LogP contribution in [0.1, 0.15) is 41.6 Å². The van der Waals surface area contributed by atoms with Crippen molar-refractivity contribution in [1.82, 2.24) is 5.32 Å². The molecule has 0 spiro atoms. The van der Waals surface area contributed by atoms with Crippen molar-refractivity contribution < 1.29 is 19.4 Å². The Hall–Kier alpha value is -1.88. The van der Waals surface area contributed by atoms with Crippen LogP contribution in [0.15, 0.2) is 24.3 Å². The van der Waals surface area contributed by atoms with Crippen molar-refractivity contribution in [3.8, 4) is 0 Å². The van der Waals surface area contributed by atoms with Gasteiger partial charge in [0, 0.05) is 25.7 Å². The molecule has 0 aromatic heterocycles. The monoisotopic (exact) mass is 291 g/mol. The fraction of sp³-hybridized carbons (Fsp3) is 0.500. The fourth-order valence-corrected chi connectivity index (χ4v) is 2.42. The van der Waals surface area contributed by atoms with Crippen LogP contribution in [0.2, 0.25) is 0 Å². The first-order chi connectivity index (χ1) is 10.1. The Labute approximate surface area is 124 Å². The fourth-order valence-electron chi connectivity index (χ4n) is 2.42. The summed E-state index contributed by atoms with van der Waals surface area (Å²) in [5, 5.41) is 11.9. The van der Waals surface area contributed by atoms with E-state index in [2.05, 4.69) is 5.32 Å². The first kappa shape index (κ1) is 15.5. The van der Waals surface area contributed by atoms with Crippen molar-refractivity contribution in [2.75, 3.05) is 13.2 Å². The second kappa shape index (κ2) is 7.78. The van der Waals surface area contributed by atoms with Gasteiger partial charge in [0.1, 0.15) is 0 Å². The van der Waals surface area contributed by atoms with Crippen LogP contribution < -0.4 is 5.32 Å². The number of amides is 1. The van der Waals surface area contributed by atoms with Gasteiger partial charge in [0.25, 0.3) is 0 Å². The largest absolute Gasteiger partial charge is 0.478 e. The number of carbonyl (C=O) groups excluding carboxylic acids is 1. The summed E-state index contributed by atoms with van der Waals surface area (Å²) in [6.45, 7) is 1.49. The van der Waals surface area contributed by atoms with Crippen molar-refractivity contribution >= 4 is 11.9 Å². The summed E-state index contributed by atoms with van der Waals surface area (Å²) in [7, 11) is 0. The third-order valence-corrected chi connectivity index (χ3v) is 3.66. The molecule has 1 aromatic carbocycles. The predicted molar refractivity (Wildman–Crippen MR) is 78.3 cm³/mol. The van der Waals surface area contributed by atoms with Crippen LogP contribution in [-0.4, -0.2) is 36.2 Å². The van der Waals surface area contributed by atoms with E-state index in [9.17, 15) is 9.59 Å². The highest BCUT2D eigenvalue weighted by molar-refractivity contribution is 5.87. The van der Waals surface area contributed by atoms with Crippen LogP contribution in [0.5, 0.6) is 0 Å². The number of carbonyl (C=O) groups is 2. The highest BCUT2D eigenvalue weighted by atomic mass is 16.5. The number of carboxylic acids is 1. The van der Waals surface area contributed by atoms with Gasteiger partial charge in [-0.05, 0) is 43.4 Å². The highest BCUT2D eigenvalue weighted by Gasteiger charge is 2.14. The molecule has 1 saturated heterocycles. The van der Waals surface area contributed by atoms with Crippen molar-refractivity contribution in [3.05, 3.63) is 35.4 Å². The van der Waals surface area contributed by atoms with Gasteiger partial charge >= 0.3 is 5.97 Å². The molecule has 0 bridgehead atoms. The third kappa shape index (κ3) is 5.19. The Balaban J connectivity index is 1.76. The van der Waals surface area contributed by atoms with E-state index in [1.807, 2.05) is 0 Å². The number of aromatic carboxylic acids is 1. The summed E-state index contributed by atoms with van der Waals surface area (Å²) in [6.07, 6.45) is 3.87. The lowest BCUT2D eigenvalue weighted by atomic mass is 10.1. The van der Waals surface area contributed by atoms with E-state index in [1.54, 1.807) is 24.3 Å². The Bertz CT molecular complexity index is 476. The Morgan fingerprint density at radius 2 is 1.95 bits per heavy atom. The van der Waals surface area contributed by atoms with Gasteiger partial charge in [0.15, 0.2) is 0 Å². The molecule has 5 heteroatoms. The van der Waals surface area contributed by atoms with Crippen LogP contribution in [0.3, 0.4) is 0 Å². The zero-order valence-electron chi connectivity index (χ0n) is 12.0. The summed E-state index contributed by atoms with van der Waals surface area (Å²) < 4.78 is 5.37. The molecular formula is C16H21NO4. The van der Waals surface area contributed by atoms with Crippen LogP contribution in [-0.2, 0) is 16.0 Å². The van der Waals surface area contributed by atoms with Gasteiger partial charge in [-0.15, -0.1) is 0 Å². The first-order valence-electron chi connectivity index (χ1n) is 7.34. The molecule has 1 aliphatic heterocycles. The minimum absolute atomic E-state index is 0.0456. The molecule has 1 fully saturated rings. The average Bonchev–Trinajstić information content (AvgIpc) is 2.74. The molecule has 1 heterocycles. The molecule has 1 aliphatic rings. The lowest BCUT2D eigenvalue weighted by Crippen LogP contribution is -2.35. The normalized spacial score (nSPS) is 18.8. The van der Waals surface area contributed by atoms with E-state index in [1.165, 1.54) is 0 Å². The van der Waals surface area contributed by atoms with Gasteiger partial charge < -0.3 is 15.2 Å². The number of hydrogen-bond donors (Lipinski definition) is 2. The summed E-state index contributed by atoms with van der Waals surface area (Å²) >= 11 is 0. The molecule has 1 aromatic rings. The molecule has 0 radical (unpaired) electrons. The minimum atomic E-state index is -0.935. The van der Waals surface area contributed by atoms with Crippen LogP contribution in [0.25, 0.3) is 0 Å². The summed E-state index contributed by atoms with van der Waals surface area (Å²) in [4.78, 5) is 22.7. The topological polar surface area (TPSA) is 75.6 Å². The highest BCUT2D eigenvalue weighted by Crippen LogP contribution is 2.10. The number of hydrogen-bond acceptors (Lipinski definition) is 3. The maximum Gasteiger partial charge on any atom is 0.335 e. The molecule has 0 unspecified atom stereocenters. The van der Waals surface area contributed by atoms with E-state index in [4.69, 9.17) is 9.84 Å². The Kier molecular flexibility index (Phi) is 5.75. The van der Waals surface area contributed by atoms with Crippen molar-refractivity contribution in [2.24, 2.45) is 0 Å². The molecule has 5 nitrogen and oxygen atoms in total. The number of nitrogens with one attached hydrogen (secondary N) is 1. The molecule has 1 atom stereocenters. The minimum Gasteiger partial charge on any atom is -0.478 e. The Morgan fingerprint density at radius 3 is 2.67 bits per heavy atom. The van der Waals surface area contributed by atoms with Crippen LogP contribution >= 0.6 is 0 Å². The number of rotatable bonds is 5. The molecule has 21 heavy (non-hydrogen) atoms. The second-order valence-corrected chi connectivity index (χ2v) is 5.31. The third-order valence-electron chi connectivity index (χ3n) is 3.66. The van der Waals surface area contributed by atoms with E-state index in [0.717, 1.165) is 31.4 Å². The lowest BCUT2D eigenvalue weighted by Gasteiger charge is -2.15. The van der Waals surface area contributed by atoms with E-state index in [-0.39, 0.29) is 17.5 Å². The van der Waals surface area contributed by atoms with Gasteiger partial charge in [-0.1, -0.05) is 12.1 Å². The number of aryl methyl sites for hydroxylation is 1. The van der Waals surface area contributed by atoms with Crippen molar-refractivity contribution in [3.63, 3.8) is 0 Å². The molecule has 1 amide bonds. The molecule has 2 rings (SSSR count). The SMILES string of the molecule is O=C(CCc1ccc(C(=O)O)cc1)N[C@@H]1CCCOCC1. The average molecular weight is 291 g/mol. The number of carboxylic acid groups (broad SMARTS) is 1. The van der Waals surface area contributed by atoms with Gasteiger partial charge in [-0.25, -0.2) is 4.79 Å². The maximum atomic E-state index is 11.9. The van der Waals surface area contributed by atoms with E-state index >= 15 is 0 Å². The quantitative estimate of drug-likeness (QED) is 0.870. The molecular weight excluding hydrogens is 270 g/mol. The predicted octanol–water partition coefficient (Wildman–Crippen LogP) is 2.00. The van der Waals surface area contributed by atoms with E-state index in [0.29, 0.717) is 19.4 Å². The van der Waals surface area contributed by atoms with E-state index < -0.39 is 5.97 Å². The second-order valence-electron chi connectivity index (χ2n) is 5.31. The maximum absolute atomic E-state index is 11.9. The van der Waals surface area contributed by atoms with Crippen LogP contribution in [0, 0.1) is 0 Å². The summed E-state index contributed by atoms with van der Waals surface area (Å²) in [5.41, 5.74) is 1.24. The molecule has 0 aliphatic carbocycles. The first-order valence-corrected chi connectivity index (χ1v) is 7.34. The molecule has 0 saturated carbocycles. The van der Waals surface area contributed by atoms with Gasteiger partial charge in [-0.2, -0.15) is 0 Å². The van der Waals surface area contributed by atoms with Gasteiger partial charge in [0.2, 0.25) is 5.91 Å². The number of benzene rings is 1. The summed E-state index contributed by atoms with van der Waals surface area (Å²) in [5.74, 6) is -0.890. The van der Waals surface area contributed by atoms with Crippen molar-refractivity contribution in [2.45, 2.75) is 38.1 Å². The molecule has 2 N–H and O–H groups in total.